The van der Waals surface area contributed by atoms with Crippen LogP contribution in [0.2, 0.25) is 0 Å². The van der Waals surface area contributed by atoms with Crippen molar-refractivity contribution in [1.82, 2.24) is 10.2 Å². The van der Waals surface area contributed by atoms with Crippen LogP contribution in [-0.2, 0) is 4.74 Å². The Morgan fingerprint density at radius 2 is 1.68 bits per heavy atom. The van der Waals surface area contributed by atoms with Crippen LogP contribution in [0.4, 0.5) is 0 Å². The Hall–Kier alpha value is -3.15. The van der Waals surface area contributed by atoms with Crippen molar-refractivity contribution in [2.24, 2.45) is 0 Å². The van der Waals surface area contributed by atoms with Crippen LogP contribution in [0.3, 0.4) is 0 Å². The van der Waals surface area contributed by atoms with Gasteiger partial charge in [-0.15, -0.1) is 0 Å². The molecule has 5 heteroatoms. The number of ether oxygens (including phenoxy) is 2. The van der Waals surface area contributed by atoms with Crippen molar-refractivity contribution in [1.29, 1.82) is 0 Å². The summed E-state index contributed by atoms with van der Waals surface area (Å²) in [4.78, 5) is 14.5. The molecule has 1 aliphatic heterocycles. The number of carbonyl (C=O) groups excluding carboxylic acids is 1. The van der Waals surface area contributed by atoms with Gasteiger partial charge in [0.15, 0.2) is 0 Å². The van der Waals surface area contributed by atoms with Gasteiger partial charge >= 0.3 is 5.97 Å². The zero-order valence-corrected chi connectivity index (χ0v) is 21.8. The first kappa shape index (κ1) is 25.5. The molecule has 1 saturated heterocycles. The molecular formula is C32H38N2O3. The van der Waals surface area contributed by atoms with E-state index >= 15 is 0 Å². The number of benzene rings is 3. The van der Waals surface area contributed by atoms with Crippen molar-refractivity contribution in [2.45, 2.75) is 50.6 Å². The van der Waals surface area contributed by atoms with Gasteiger partial charge in [0.2, 0.25) is 0 Å². The summed E-state index contributed by atoms with van der Waals surface area (Å²) in [6, 6.07) is 23.4. The number of hydrogen-bond acceptors (Lipinski definition) is 5. The van der Waals surface area contributed by atoms with E-state index in [1.165, 1.54) is 69.7 Å². The molecule has 194 valence electrons. The monoisotopic (exact) mass is 498 g/mol. The number of piperidine rings is 1. The summed E-state index contributed by atoms with van der Waals surface area (Å²) in [5.41, 5.74) is 2.78. The zero-order valence-electron chi connectivity index (χ0n) is 21.8. The lowest BCUT2D eigenvalue weighted by Gasteiger charge is -2.36. The first-order chi connectivity index (χ1) is 18.2. The van der Waals surface area contributed by atoms with E-state index in [0.29, 0.717) is 18.2 Å². The van der Waals surface area contributed by atoms with Crippen molar-refractivity contribution < 1.29 is 14.3 Å². The Morgan fingerprint density at radius 3 is 2.43 bits per heavy atom. The Morgan fingerprint density at radius 1 is 0.946 bits per heavy atom. The van der Waals surface area contributed by atoms with E-state index < -0.39 is 0 Å². The van der Waals surface area contributed by atoms with Crippen LogP contribution in [0.5, 0.6) is 5.75 Å². The normalized spacial score (nSPS) is 17.8. The molecule has 0 spiro atoms. The fourth-order valence-corrected chi connectivity index (χ4v) is 5.72. The summed E-state index contributed by atoms with van der Waals surface area (Å²) < 4.78 is 11.2. The van der Waals surface area contributed by atoms with Gasteiger partial charge in [-0.05, 0) is 73.5 Å². The van der Waals surface area contributed by atoms with Crippen LogP contribution in [-0.4, -0.2) is 56.3 Å². The van der Waals surface area contributed by atoms with E-state index in [-0.39, 0.29) is 5.97 Å². The number of carbonyl (C=O) groups is 1. The Balaban J connectivity index is 1.26. The third-order valence-electron chi connectivity index (χ3n) is 7.85. The summed E-state index contributed by atoms with van der Waals surface area (Å²) >= 11 is 0. The van der Waals surface area contributed by atoms with Crippen LogP contribution in [0.15, 0.2) is 72.3 Å². The molecule has 0 amide bonds. The summed E-state index contributed by atoms with van der Waals surface area (Å²) in [6.45, 7) is 3.67. The maximum Gasteiger partial charge on any atom is 0.337 e. The number of nitrogens with one attached hydrogen (secondary N) is 1. The van der Waals surface area contributed by atoms with Crippen LogP contribution in [0.25, 0.3) is 16.8 Å². The van der Waals surface area contributed by atoms with Crippen molar-refractivity contribution in [3.05, 3.63) is 83.4 Å². The summed E-state index contributed by atoms with van der Waals surface area (Å²) in [7, 11) is 1.41. The zero-order chi connectivity index (χ0) is 25.5. The molecule has 2 fully saturated rings. The molecule has 1 aliphatic carbocycles. The molecule has 0 unspecified atom stereocenters. The quantitative estimate of drug-likeness (QED) is 0.362. The first-order valence-electron chi connectivity index (χ1n) is 13.7. The summed E-state index contributed by atoms with van der Waals surface area (Å²) in [5.74, 6) is 0.579. The van der Waals surface area contributed by atoms with Crippen LogP contribution in [0.1, 0.15) is 54.4 Å². The van der Waals surface area contributed by atoms with Gasteiger partial charge in [-0.2, -0.15) is 0 Å². The molecule has 3 aromatic rings. The molecule has 37 heavy (non-hydrogen) atoms. The minimum Gasteiger partial charge on any atom is -0.489 e. The van der Waals surface area contributed by atoms with Gasteiger partial charge in [0.25, 0.3) is 0 Å². The molecule has 1 heterocycles. The number of fused-ring (bicyclic) bond motifs is 1. The van der Waals surface area contributed by atoms with Gasteiger partial charge in [-0.1, -0.05) is 67.4 Å². The number of likely N-dealkylation sites (tertiary alicyclic amines) is 1. The largest absolute Gasteiger partial charge is 0.489 e. The number of rotatable bonds is 9. The second-order valence-corrected chi connectivity index (χ2v) is 10.3. The van der Waals surface area contributed by atoms with E-state index in [4.69, 9.17) is 9.47 Å². The second kappa shape index (κ2) is 12.4. The van der Waals surface area contributed by atoms with Crippen molar-refractivity contribution in [2.75, 3.05) is 33.4 Å². The Bertz CT molecular complexity index is 1200. The van der Waals surface area contributed by atoms with Crippen LogP contribution >= 0.6 is 0 Å². The lowest BCUT2D eigenvalue weighted by molar-refractivity contribution is 0.0600. The maximum atomic E-state index is 11.8. The Labute approximate surface area is 220 Å². The van der Waals surface area contributed by atoms with Gasteiger partial charge in [-0.3, -0.25) is 0 Å². The van der Waals surface area contributed by atoms with Crippen molar-refractivity contribution in [3.8, 4) is 5.75 Å². The molecular weight excluding hydrogens is 460 g/mol. The van der Waals surface area contributed by atoms with E-state index in [1.807, 2.05) is 42.5 Å². The molecule has 5 nitrogen and oxygen atoms in total. The lowest BCUT2D eigenvalue weighted by atomic mass is 10.0. The number of esters is 1. The van der Waals surface area contributed by atoms with Gasteiger partial charge in [0, 0.05) is 24.0 Å². The van der Waals surface area contributed by atoms with Gasteiger partial charge in [0.1, 0.15) is 12.4 Å². The molecule has 3 aromatic carbocycles. The Kier molecular flexibility index (Phi) is 8.54. The average molecular weight is 499 g/mol. The third-order valence-corrected chi connectivity index (χ3v) is 7.85. The van der Waals surface area contributed by atoms with E-state index in [1.54, 1.807) is 0 Å². The molecule has 2 aliphatic rings. The number of hydrogen-bond donors (Lipinski definition) is 1. The molecule has 0 radical (unpaired) electrons. The first-order valence-corrected chi connectivity index (χ1v) is 13.7. The highest BCUT2D eigenvalue weighted by Crippen LogP contribution is 2.27. The highest BCUT2D eigenvalue weighted by molar-refractivity contribution is 5.89. The lowest BCUT2D eigenvalue weighted by Crippen LogP contribution is -2.46. The van der Waals surface area contributed by atoms with Crippen LogP contribution < -0.4 is 10.1 Å². The molecule has 0 atom stereocenters. The predicted octanol–water partition coefficient (Wildman–Crippen LogP) is 6.09. The second-order valence-electron chi connectivity index (χ2n) is 10.3. The van der Waals surface area contributed by atoms with E-state index in [0.717, 1.165) is 29.3 Å². The van der Waals surface area contributed by atoms with E-state index in [9.17, 15) is 4.79 Å². The highest BCUT2D eigenvalue weighted by Gasteiger charge is 2.26. The summed E-state index contributed by atoms with van der Waals surface area (Å²) in [6.07, 6.45) is 10.1. The van der Waals surface area contributed by atoms with Crippen molar-refractivity contribution in [3.63, 3.8) is 0 Å². The third kappa shape index (κ3) is 6.60. The SMILES string of the molecule is COC(=O)c1ccc(C=C(CNC2CCN(C3CCCC3)CC2)COc2cccc3ccccc23)cc1. The number of methoxy groups -OCH3 is 1. The van der Waals surface area contributed by atoms with Crippen molar-refractivity contribution >= 4 is 22.8 Å². The van der Waals surface area contributed by atoms with Crippen LogP contribution in [0, 0.1) is 0 Å². The predicted molar refractivity (Wildman–Crippen MR) is 150 cm³/mol. The minimum atomic E-state index is -0.319. The molecule has 0 bridgehead atoms. The maximum absolute atomic E-state index is 11.8. The standard InChI is InChI=1S/C32H38N2O3/c1-36-32(35)27-15-13-24(14-16-27)21-25(23-37-31-12-6-8-26-7-2-5-11-30(26)31)22-33-28-17-19-34(20-18-28)29-9-3-4-10-29/h2,5-8,11-16,21,28-29,33H,3-4,9-10,17-20,22-23H2,1H3. The smallest absolute Gasteiger partial charge is 0.337 e. The summed E-state index contributed by atoms with van der Waals surface area (Å²) in [5, 5.41) is 6.12. The van der Waals surface area contributed by atoms with Gasteiger partial charge < -0.3 is 19.7 Å². The molecule has 5 rings (SSSR count). The molecule has 0 aromatic heterocycles. The topological polar surface area (TPSA) is 50.8 Å². The van der Waals surface area contributed by atoms with Gasteiger partial charge in [0.05, 0.1) is 12.7 Å². The molecule has 1 N–H and O–H groups in total. The highest BCUT2D eigenvalue weighted by atomic mass is 16.5. The average Bonchev–Trinajstić information content (AvgIpc) is 3.50. The van der Waals surface area contributed by atoms with Gasteiger partial charge in [-0.25, -0.2) is 4.79 Å². The fraction of sp³-hybridized carbons (Fsp3) is 0.406. The number of nitrogens with zero attached hydrogens (tertiary/aromatic N) is 1. The fourth-order valence-electron chi connectivity index (χ4n) is 5.72. The molecule has 1 saturated carbocycles. The minimum absolute atomic E-state index is 0.319. The van der Waals surface area contributed by atoms with E-state index in [2.05, 4.69) is 40.6 Å².